The van der Waals surface area contributed by atoms with E-state index in [1.807, 2.05) is 12.2 Å². The third-order valence-electron chi connectivity index (χ3n) is 4.38. The van der Waals surface area contributed by atoms with Gasteiger partial charge >= 0.3 is 0 Å². The van der Waals surface area contributed by atoms with Crippen molar-refractivity contribution in [3.63, 3.8) is 0 Å². The highest BCUT2D eigenvalue weighted by Gasteiger charge is 2.25. The van der Waals surface area contributed by atoms with Crippen molar-refractivity contribution in [2.45, 2.75) is 4.90 Å². The molecule has 0 spiro atoms. The predicted molar refractivity (Wildman–Crippen MR) is 101 cm³/mol. The number of ether oxygens (including phenoxy) is 2. The first-order valence-electron chi connectivity index (χ1n) is 8.20. The zero-order valence-electron chi connectivity index (χ0n) is 15.0. The zero-order valence-corrected chi connectivity index (χ0v) is 15.8. The van der Waals surface area contributed by atoms with E-state index in [0.717, 1.165) is 0 Å². The van der Waals surface area contributed by atoms with Crippen LogP contribution in [0.25, 0.3) is 11.1 Å². The average Bonchev–Trinajstić information content (AvgIpc) is 3.22. The quantitative estimate of drug-likeness (QED) is 0.764. The number of nitrogens with two attached hydrogens (primary N) is 1. The minimum atomic E-state index is -3.55. The number of rotatable bonds is 6. The molecule has 2 aromatic rings. The van der Waals surface area contributed by atoms with Crippen molar-refractivity contribution in [3.8, 4) is 22.6 Å². The van der Waals surface area contributed by atoms with E-state index < -0.39 is 15.9 Å². The Kier molecular flexibility index (Phi) is 5.20. The highest BCUT2D eigenvalue weighted by atomic mass is 32.2. The molecule has 3 rings (SSSR count). The number of methoxy groups -OCH3 is 2. The van der Waals surface area contributed by atoms with Gasteiger partial charge < -0.3 is 15.2 Å². The van der Waals surface area contributed by atoms with Gasteiger partial charge in [0, 0.05) is 13.1 Å². The van der Waals surface area contributed by atoms with Crippen molar-refractivity contribution in [1.29, 1.82) is 0 Å². The number of sulfonamides is 1. The molecule has 0 saturated heterocycles. The van der Waals surface area contributed by atoms with Gasteiger partial charge in [0.25, 0.3) is 0 Å². The molecule has 0 radical (unpaired) electrons. The number of hydrogen-bond acceptors (Lipinski definition) is 5. The Morgan fingerprint density at radius 3 is 2.07 bits per heavy atom. The number of amides is 1. The summed E-state index contributed by atoms with van der Waals surface area (Å²) in [4.78, 5) is 12.1. The van der Waals surface area contributed by atoms with Crippen LogP contribution in [0.1, 0.15) is 10.4 Å². The maximum Gasteiger partial charge on any atom is 0.249 e. The number of primary amides is 1. The molecular formula is C19H20N2O5S. The van der Waals surface area contributed by atoms with E-state index in [1.165, 1.54) is 36.7 Å². The summed E-state index contributed by atoms with van der Waals surface area (Å²) in [5.41, 5.74) is 6.94. The topological polar surface area (TPSA) is 98.9 Å². The van der Waals surface area contributed by atoms with Crippen LogP contribution in [0.2, 0.25) is 0 Å². The maximum atomic E-state index is 12.6. The molecule has 0 fully saturated rings. The Balaban J connectivity index is 2.03. The summed E-state index contributed by atoms with van der Waals surface area (Å²) in [5.74, 6) is 0.207. The van der Waals surface area contributed by atoms with E-state index in [4.69, 9.17) is 15.2 Å². The molecule has 0 aromatic heterocycles. The van der Waals surface area contributed by atoms with Crippen LogP contribution in [-0.2, 0) is 10.0 Å². The molecule has 0 aliphatic carbocycles. The summed E-state index contributed by atoms with van der Waals surface area (Å²) in [6.45, 7) is 0.733. The van der Waals surface area contributed by atoms with Gasteiger partial charge in [0.2, 0.25) is 15.9 Å². The number of benzene rings is 2. The van der Waals surface area contributed by atoms with E-state index in [-0.39, 0.29) is 10.5 Å². The number of hydrogen-bond donors (Lipinski definition) is 1. The summed E-state index contributed by atoms with van der Waals surface area (Å²) in [7, 11) is -0.594. The molecule has 0 unspecified atom stereocenters. The van der Waals surface area contributed by atoms with Gasteiger partial charge in [-0.2, -0.15) is 4.31 Å². The fourth-order valence-electron chi connectivity index (χ4n) is 2.93. The molecule has 0 atom stereocenters. The molecular weight excluding hydrogens is 368 g/mol. The lowest BCUT2D eigenvalue weighted by Gasteiger charge is -2.16. The average molecular weight is 388 g/mol. The lowest BCUT2D eigenvalue weighted by Crippen LogP contribution is -2.28. The molecule has 1 aliphatic rings. The van der Waals surface area contributed by atoms with Crippen LogP contribution in [0.3, 0.4) is 0 Å². The van der Waals surface area contributed by atoms with E-state index >= 15 is 0 Å². The minimum absolute atomic E-state index is 0.191. The fourth-order valence-corrected chi connectivity index (χ4v) is 4.28. The standard InChI is InChI=1S/C19H20N2O5S/c1-25-17-11-15(16(19(20)22)12-18(17)26-2)13-5-7-14(8-6-13)27(23,24)21-9-3-4-10-21/h3-8,11-12H,9-10H2,1-2H3,(H2,20,22). The van der Waals surface area contributed by atoms with Crippen molar-refractivity contribution in [2.24, 2.45) is 5.73 Å². The summed E-state index contributed by atoms with van der Waals surface area (Å²) in [6.07, 6.45) is 3.63. The van der Waals surface area contributed by atoms with Gasteiger partial charge in [0.05, 0.1) is 24.7 Å². The number of carbonyl (C=O) groups excluding carboxylic acids is 1. The Labute approximate surface area is 158 Å². The van der Waals surface area contributed by atoms with Gasteiger partial charge in [-0.05, 0) is 35.4 Å². The van der Waals surface area contributed by atoms with Crippen LogP contribution in [-0.4, -0.2) is 45.9 Å². The third-order valence-corrected chi connectivity index (χ3v) is 6.22. The van der Waals surface area contributed by atoms with E-state index in [9.17, 15) is 13.2 Å². The summed E-state index contributed by atoms with van der Waals surface area (Å²) in [6, 6.07) is 9.48. The van der Waals surface area contributed by atoms with Gasteiger partial charge in [-0.3, -0.25) is 4.79 Å². The zero-order chi connectivity index (χ0) is 19.6. The second-order valence-electron chi connectivity index (χ2n) is 5.93. The van der Waals surface area contributed by atoms with Crippen LogP contribution >= 0.6 is 0 Å². The molecule has 1 heterocycles. The van der Waals surface area contributed by atoms with E-state index in [0.29, 0.717) is 35.7 Å². The second-order valence-corrected chi connectivity index (χ2v) is 7.87. The smallest absolute Gasteiger partial charge is 0.249 e. The molecule has 8 heteroatoms. The van der Waals surface area contributed by atoms with Crippen molar-refractivity contribution in [2.75, 3.05) is 27.3 Å². The SMILES string of the molecule is COc1cc(C(N)=O)c(-c2ccc(S(=O)(=O)N3CC=CC3)cc2)cc1OC. The van der Waals surface area contributed by atoms with E-state index in [2.05, 4.69) is 0 Å². The molecule has 0 bridgehead atoms. The van der Waals surface area contributed by atoms with Crippen LogP contribution < -0.4 is 15.2 Å². The molecule has 7 nitrogen and oxygen atoms in total. The molecule has 27 heavy (non-hydrogen) atoms. The lowest BCUT2D eigenvalue weighted by atomic mass is 9.98. The van der Waals surface area contributed by atoms with Crippen LogP contribution in [0, 0.1) is 0 Å². The lowest BCUT2D eigenvalue weighted by molar-refractivity contribution is 0.100. The predicted octanol–water partition coefficient (Wildman–Crippen LogP) is 2.03. The molecule has 2 aromatic carbocycles. The first-order chi connectivity index (χ1) is 12.9. The largest absolute Gasteiger partial charge is 0.493 e. The highest BCUT2D eigenvalue weighted by molar-refractivity contribution is 7.89. The van der Waals surface area contributed by atoms with Crippen LogP contribution in [0.15, 0.2) is 53.4 Å². The highest BCUT2D eigenvalue weighted by Crippen LogP contribution is 2.36. The third kappa shape index (κ3) is 3.54. The summed E-state index contributed by atoms with van der Waals surface area (Å²) >= 11 is 0. The van der Waals surface area contributed by atoms with Crippen LogP contribution in [0.5, 0.6) is 11.5 Å². The fraction of sp³-hybridized carbons (Fsp3) is 0.211. The van der Waals surface area contributed by atoms with Gasteiger partial charge in [-0.1, -0.05) is 24.3 Å². The Hall–Kier alpha value is -2.84. The van der Waals surface area contributed by atoms with Gasteiger partial charge in [-0.25, -0.2) is 8.42 Å². The molecule has 142 valence electrons. The second kappa shape index (κ2) is 7.42. The summed E-state index contributed by atoms with van der Waals surface area (Å²) in [5, 5.41) is 0. The van der Waals surface area contributed by atoms with Gasteiger partial charge in [0.15, 0.2) is 11.5 Å². The Morgan fingerprint density at radius 1 is 1.00 bits per heavy atom. The molecule has 1 amide bonds. The maximum absolute atomic E-state index is 12.6. The molecule has 2 N–H and O–H groups in total. The number of carbonyl (C=O) groups is 1. The molecule has 0 saturated carbocycles. The Morgan fingerprint density at radius 2 is 1.56 bits per heavy atom. The first kappa shape index (κ1) is 18.9. The van der Waals surface area contributed by atoms with Gasteiger partial charge in [-0.15, -0.1) is 0 Å². The molecule has 1 aliphatic heterocycles. The van der Waals surface area contributed by atoms with Crippen molar-refractivity contribution >= 4 is 15.9 Å². The van der Waals surface area contributed by atoms with Crippen molar-refractivity contribution in [1.82, 2.24) is 4.31 Å². The normalized spacial score (nSPS) is 14.3. The number of nitrogens with zero attached hydrogens (tertiary/aromatic N) is 1. The monoisotopic (exact) mass is 388 g/mol. The summed E-state index contributed by atoms with van der Waals surface area (Å²) < 4.78 is 37.1. The van der Waals surface area contributed by atoms with Crippen molar-refractivity contribution in [3.05, 3.63) is 54.1 Å². The Bertz CT molecular complexity index is 990. The van der Waals surface area contributed by atoms with Crippen LogP contribution in [0.4, 0.5) is 0 Å². The van der Waals surface area contributed by atoms with Gasteiger partial charge in [0.1, 0.15) is 0 Å². The minimum Gasteiger partial charge on any atom is -0.493 e. The first-order valence-corrected chi connectivity index (χ1v) is 9.64. The van der Waals surface area contributed by atoms with E-state index in [1.54, 1.807) is 18.2 Å². The van der Waals surface area contributed by atoms with Crippen molar-refractivity contribution < 1.29 is 22.7 Å².